The van der Waals surface area contributed by atoms with Crippen LogP contribution in [0.5, 0.6) is 0 Å². The standard InChI is InChI=1S/C23H30N4O2S2/c1-3-5-7-10-15-27-22(29)18(31-23(27)30)16-17-20(24-13-9-6-4-2)25-19-12-8-11-14-26(19)21(17)28/h8,11-12,14,16,24H,3-7,9-10,13,15H2,1-2H3. The molecule has 1 amide bonds. The van der Waals surface area contributed by atoms with Crippen molar-refractivity contribution in [3.63, 3.8) is 0 Å². The monoisotopic (exact) mass is 458 g/mol. The van der Waals surface area contributed by atoms with E-state index in [2.05, 4.69) is 24.1 Å². The first-order valence-corrected chi connectivity index (χ1v) is 12.3. The van der Waals surface area contributed by atoms with Crippen molar-refractivity contribution >= 4 is 51.7 Å². The van der Waals surface area contributed by atoms with Crippen LogP contribution in [0.1, 0.15) is 64.4 Å². The maximum Gasteiger partial charge on any atom is 0.267 e. The molecule has 166 valence electrons. The summed E-state index contributed by atoms with van der Waals surface area (Å²) in [7, 11) is 0. The highest BCUT2D eigenvalue weighted by Crippen LogP contribution is 2.33. The number of thiocarbonyl (C=S) groups is 1. The number of carbonyl (C=O) groups excluding carboxylic acids is 1. The van der Waals surface area contributed by atoms with E-state index < -0.39 is 0 Å². The van der Waals surface area contributed by atoms with Crippen molar-refractivity contribution in [2.45, 2.75) is 58.8 Å². The van der Waals surface area contributed by atoms with Gasteiger partial charge in [-0.15, -0.1) is 0 Å². The lowest BCUT2D eigenvalue weighted by Crippen LogP contribution is -2.29. The van der Waals surface area contributed by atoms with E-state index in [4.69, 9.17) is 12.2 Å². The zero-order valence-electron chi connectivity index (χ0n) is 18.2. The fourth-order valence-electron chi connectivity index (χ4n) is 3.47. The molecule has 2 aromatic heterocycles. The molecule has 3 heterocycles. The van der Waals surface area contributed by atoms with E-state index in [9.17, 15) is 9.59 Å². The van der Waals surface area contributed by atoms with Gasteiger partial charge in [-0.2, -0.15) is 0 Å². The third kappa shape index (κ3) is 5.74. The summed E-state index contributed by atoms with van der Waals surface area (Å²) in [6.45, 7) is 5.66. The first kappa shape index (κ1) is 23.5. The number of aromatic nitrogens is 2. The van der Waals surface area contributed by atoms with E-state index in [1.54, 1.807) is 29.3 Å². The maximum atomic E-state index is 13.2. The number of nitrogens with one attached hydrogen (secondary N) is 1. The molecule has 8 heteroatoms. The van der Waals surface area contributed by atoms with Gasteiger partial charge in [-0.05, 0) is 31.1 Å². The Morgan fingerprint density at radius 3 is 2.65 bits per heavy atom. The molecule has 0 spiro atoms. The van der Waals surface area contributed by atoms with Crippen molar-refractivity contribution in [2.75, 3.05) is 18.4 Å². The molecule has 3 rings (SSSR count). The molecular weight excluding hydrogens is 428 g/mol. The Morgan fingerprint density at radius 1 is 1.10 bits per heavy atom. The number of carbonyl (C=O) groups is 1. The molecule has 31 heavy (non-hydrogen) atoms. The Morgan fingerprint density at radius 2 is 1.87 bits per heavy atom. The predicted octanol–water partition coefficient (Wildman–Crippen LogP) is 5.08. The number of anilines is 1. The van der Waals surface area contributed by atoms with Crippen LogP contribution in [0.2, 0.25) is 0 Å². The first-order valence-electron chi connectivity index (χ1n) is 11.1. The summed E-state index contributed by atoms with van der Waals surface area (Å²) in [5.74, 6) is 0.390. The van der Waals surface area contributed by atoms with Gasteiger partial charge in [0.1, 0.15) is 15.8 Å². The summed E-state index contributed by atoms with van der Waals surface area (Å²) in [5, 5.41) is 3.30. The minimum Gasteiger partial charge on any atom is -0.369 e. The van der Waals surface area contributed by atoms with Crippen LogP contribution < -0.4 is 10.9 Å². The third-order valence-corrected chi connectivity index (χ3v) is 6.60. The van der Waals surface area contributed by atoms with Gasteiger partial charge in [0.2, 0.25) is 0 Å². The van der Waals surface area contributed by atoms with Crippen LogP contribution in [-0.2, 0) is 4.79 Å². The van der Waals surface area contributed by atoms with Crippen LogP contribution in [0.3, 0.4) is 0 Å². The van der Waals surface area contributed by atoms with E-state index >= 15 is 0 Å². The summed E-state index contributed by atoms with van der Waals surface area (Å²) < 4.78 is 2.06. The molecule has 1 N–H and O–H groups in total. The van der Waals surface area contributed by atoms with Gasteiger partial charge in [0.15, 0.2) is 0 Å². The summed E-state index contributed by atoms with van der Waals surface area (Å²) in [5.41, 5.74) is 0.773. The number of hydrogen-bond donors (Lipinski definition) is 1. The summed E-state index contributed by atoms with van der Waals surface area (Å²) in [6.07, 6.45) is 10.9. The molecule has 0 saturated carbocycles. The molecule has 0 aliphatic carbocycles. The van der Waals surface area contributed by atoms with Gasteiger partial charge in [-0.3, -0.25) is 18.9 Å². The van der Waals surface area contributed by atoms with Crippen LogP contribution in [0, 0.1) is 0 Å². The normalized spacial score (nSPS) is 15.4. The highest BCUT2D eigenvalue weighted by molar-refractivity contribution is 8.26. The largest absolute Gasteiger partial charge is 0.369 e. The Balaban J connectivity index is 1.90. The van der Waals surface area contributed by atoms with Gasteiger partial charge in [0.25, 0.3) is 11.5 Å². The van der Waals surface area contributed by atoms with E-state index in [1.165, 1.54) is 16.2 Å². The van der Waals surface area contributed by atoms with Crippen LogP contribution in [0.4, 0.5) is 5.82 Å². The van der Waals surface area contributed by atoms with E-state index in [0.717, 1.165) is 51.5 Å². The fraction of sp³-hybridized carbons (Fsp3) is 0.478. The molecule has 0 aromatic carbocycles. The zero-order valence-corrected chi connectivity index (χ0v) is 19.9. The second kappa shape index (κ2) is 11.4. The molecule has 0 radical (unpaired) electrons. The number of unbranched alkanes of at least 4 members (excludes halogenated alkanes) is 5. The number of nitrogens with zero attached hydrogens (tertiary/aromatic N) is 3. The van der Waals surface area contributed by atoms with Gasteiger partial charge in [-0.1, -0.05) is 76.0 Å². The maximum absolute atomic E-state index is 13.2. The van der Waals surface area contributed by atoms with Crippen LogP contribution >= 0.6 is 24.0 Å². The van der Waals surface area contributed by atoms with E-state index in [-0.39, 0.29) is 11.5 Å². The molecular formula is C23H30N4O2S2. The smallest absolute Gasteiger partial charge is 0.267 e. The van der Waals surface area contributed by atoms with Crippen molar-refractivity contribution in [3.8, 4) is 0 Å². The second-order valence-corrected chi connectivity index (χ2v) is 9.31. The number of hydrogen-bond acceptors (Lipinski definition) is 6. The van der Waals surface area contributed by atoms with Gasteiger partial charge in [0, 0.05) is 19.3 Å². The van der Waals surface area contributed by atoms with Crippen LogP contribution in [0.15, 0.2) is 34.1 Å². The molecule has 1 aliphatic heterocycles. The summed E-state index contributed by atoms with van der Waals surface area (Å²) in [6, 6.07) is 5.45. The van der Waals surface area contributed by atoms with Crippen molar-refractivity contribution < 1.29 is 4.79 Å². The van der Waals surface area contributed by atoms with E-state index in [0.29, 0.717) is 32.8 Å². The molecule has 6 nitrogen and oxygen atoms in total. The van der Waals surface area contributed by atoms with Crippen molar-refractivity contribution in [3.05, 3.63) is 45.2 Å². The number of thioether (sulfide) groups is 1. The number of fused-ring (bicyclic) bond motifs is 1. The molecule has 1 saturated heterocycles. The van der Waals surface area contributed by atoms with Crippen LogP contribution in [-0.4, -0.2) is 37.6 Å². The summed E-state index contributed by atoms with van der Waals surface area (Å²) >= 11 is 6.70. The minimum atomic E-state index is -0.197. The first-order chi connectivity index (χ1) is 15.1. The topological polar surface area (TPSA) is 66.7 Å². The van der Waals surface area contributed by atoms with E-state index in [1.807, 2.05) is 6.07 Å². The Kier molecular flexibility index (Phi) is 8.66. The lowest BCUT2D eigenvalue weighted by molar-refractivity contribution is -0.122. The molecule has 0 bridgehead atoms. The van der Waals surface area contributed by atoms with Gasteiger partial charge in [-0.25, -0.2) is 4.98 Å². The zero-order chi connectivity index (χ0) is 22.2. The van der Waals surface area contributed by atoms with Gasteiger partial charge in [0.05, 0.1) is 10.5 Å². The van der Waals surface area contributed by atoms with Crippen molar-refractivity contribution in [1.29, 1.82) is 0 Å². The average Bonchev–Trinajstić information content (AvgIpc) is 3.04. The second-order valence-electron chi connectivity index (χ2n) is 7.64. The summed E-state index contributed by atoms with van der Waals surface area (Å²) in [4.78, 5) is 33.0. The third-order valence-electron chi connectivity index (χ3n) is 5.23. The molecule has 0 unspecified atom stereocenters. The molecule has 1 fully saturated rings. The average molecular weight is 459 g/mol. The van der Waals surface area contributed by atoms with Crippen molar-refractivity contribution in [2.24, 2.45) is 0 Å². The van der Waals surface area contributed by atoms with Crippen molar-refractivity contribution in [1.82, 2.24) is 14.3 Å². The Bertz CT molecular complexity index is 1030. The quantitative estimate of drug-likeness (QED) is 0.288. The predicted molar refractivity (Wildman–Crippen MR) is 133 cm³/mol. The Hall–Kier alpha value is -2.19. The molecule has 0 atom stereocenters. The minimum absolute atomic E-state index is 0.124. The number of pyridine rings is 1. The van der Waals surface area contributed by atoms with Crippen LogP contribution in [0.25, 0.3) is 11.7 Å². The SMILES string of the molecule is CCCCCCN1C(=O)C(=Cc2c(NCCCCC)nc3ccccn3c2=O)SC1=S. The fourth-order valence-corrected chi connectivity index (χ4v) is 4.76. The molecule has 1 aliphatic rings. The number of rotatable bonds is 11. The Labute approximate surface area is 193 Å². The highest BCUT2D eigenvalue weighted by atomic mass is 32.2. The van der Waals surface area contributed by atoms with Gasteiger partial charge >= 0.3 is 0 Å². The highest BCUT2D eigenvalue weighted by Gasteiger charge is 2.32. The lowest BCUT2D eigenvalue weighted by atomic mass is 10.2. The lowest BCUT2D eigenvalue weighted by Gasteiger charge is -2.14. The van der Waals surface area contributed by atoms with Gasteiger partial charge < -0.3 is 5.32 Å². The number of amides is 1. The molecule has 2 aromatic rings.